The van der Waals surface area contributed by atoms with Crippen LogP contribution in [0.4, 0.5) is 13.2 Å². The standard InChI is InChI=1S/C16H20F3N3OS/c17-16(18,19)14-11-7-4-8-12(11)21-15(22-14)24-9-13(23)20-10-5-2-1-3-6-10/h10H,1-9H2,(H,20,23). The van der Waals surface area contributed by atoms with E-state index in [9.17, 15) is 18.0 Å². The summed E-state index contributed by atoms with van der Waals surface area (Å²) < 4.78 is 39.5. The van der Waals surface area contributed by atoms with Gasteiger partial charge in [-0.25, -0.2) is 9.97 Å². The van der Waals surface area contributed by atoms with Gasteiger partial charge in [0.05, 0.1) is 5.75 Å². The quantitative estimate of drug-likeness (QED) is 0.660. The van der Waals surface area contributed by atoms with Gasteiger partial charge in [0, 0.05) is 17.3 Å². The number of aromatic nitrogens is 2. The highest BCUT2D eigenvalue weighted by Gasteiger charge is 2.38. The van der Waals surface area contributed by atoms with Crippen molar-refractivity contribution in [3.63, 3.8) is 0 Å². The van der Waals surface area contributed by atoms with Crippen molar-refractivity contribution in [2.45, 2.75) is 68.7 Å². The normalized spacial score (nSPS) is 18.5. The molecule has 1 aromatic heterocycles. The number of nitrogens with zero attached hydrogens (tertiary/aromatic N) is 2. The lowest BCUT2D eigenvalue weighted by Gasteiger charge is -2.22. The number of hydrogen-bond acceptors (Lipinski definition) is 4. The topological polar surface area (TPSA) is 54.9 Å². The summed E-state index contributed by atoms with van der Waals surface area (Å²) in [6.45, 7) is 0. The number of thioether (sulfide) groups is 1. The van der Waals surface area contributed by atoms with E-state index in [1.165, 1.54) is 6.42 Å². The zero-order valence-electron chi connectivity index (χ0n) is 13.3. The maximum Gasteiger partial charge on any atom is 0.433 e. The molecule has 0 spiro atoms. The van der Waals surface area contributed by atoms with Gasteiger partial charge in [-0.2, -0.15) is 13.2 Å². The number of alkyl halides is 3. The van der Waals surface area contributed by atoms with Gasteiger partial charge in [0.25, 0.3) is 0 Å². The molecule has 0 atom stereocenters. The van der Waals surface area contributed by atoms with Gasteiger partial charge in [-0.05, 0) is 32.1 Å². The van der Waals surface area contributed by atoms with Gasteiger partial charge in [-0.3, -0.25) is 4.79 Å². The van der Waals surface area contributed by atoms with Crippen molar-refractivity contribution in [2.24, 2.45) is 0 Å². The molecule has 1 aromatic rings. The highest BCUT2D eigenvalue weighted by atomic mass is 32.2. The first kappa shape index (κ1) is 17.5. The highest BCUT2D eigenvalue weighted by molar-refractivity contribution is 7.99. The van der Waals surface area contributed by atoms with E-state index in [0.29, 0.717) is 25.0 Å². The lowest BCUT2D eigenvalue weighted by atomic mass is 9.95. The first-order chi connectivity index (χ1) is 11.4. The van der Waals surface area contributed by atoms with E-state index in [-0.39, 0.29) is 28.4 Å². The molecule has 0 radical (unpaired) electrons. The maximum atomic E-state index is 13.2. The van der Waals surface area contributed by atoms with Crippen LogP contribution in [0.5, 0.6) is 0 Å². The molecule has 1 saturated carbocycles. The summed E-state index contributed by atoms with van der Waals surface area (Å²) in [6, 6.07) is 0.193. The summed E-state index contributed by atoms with van der Waals surface area (Å²) in [4.78, 5) is 19.9. The third-order valence-corrected chi connectivity index (χ3v) is 5.33. The molecule has 0 saturated heterocycles. The molecule has 2 aliphatic carbocycles. The molecule has 8 heteroatoms. The Bertz CT molecular complexity index is 615. The summed E-state index contributed by atoms with van der Waals surface area (Å²) in [5, 5.41) is 2.99. The summed E-state index contributed by atoms with van der Waals surface area (Å²) >= 11 is 0.979. The molecule has 0 unspecified atom stereocenters. The van der Waals surface area contributed by atoms with Crippen molar-refractivity contribution in [1.29, 1.82) is 0 Å². The zero-order valence-corrected chi connectivity index (χ0v) is 14.1. The number of aryl methyl sites for hydroxylation is 1. The molecule has 0 aromatic carbocycles. The number of amides is 1. The average Bonchev–Trinajstić information content (AvgIpc) is 3.00. The second-order valence-electron chi connectivity index (χ2n) is 6.32. The maximum absolute atomic E-state index is 13.2. The van der Waals surface area contributed by atoms with Gasteiger partial charge in [0.2, 0.25) is 5.91 Å². The molecule has 1 N–H and O–H groups in total. The third-order valence-electron chi connectivity index (χ3n) is 4.48. The SMILES string of the molecule is O=C(CSc1nc2c(c(C(F)(F)F)n1)CCC2)NC1CCCCC1. The van der Waals surface area contributed by atoms with Crippen LogP contribution < -0.4 is 5.32 Å². The van der Waals surface area contributed by atoms with Crippen LogP contribution in [0.2, 0.25) is 0 Å². The fourth-order valence-electron chi connectivity index (χ4n) is 3.36. The van der Waals surface area contributed by atoms with Gasteiger partial charge < -0.3 is 5.32 Å². The van der Waals surface area contributed by atoms with Crippen molar-refractivity contribution in [1.82, 2.24) is 15.3 Å². The first-order valence-electron chi connectivity index (χ1n) is 8.32. The van der Waals surface area contributed by atoms with Crippen molar-refractivity contribution < 1.29 is 18.0 Å². The predicted octanol–water partition coefficient (Wildman–Crippen LogP) is 3.53. The summed E-state index contributed by atoms with van der Waals surface area (Å²) in [7, 11) is 0. The lowest BCUT2D eigenvalue weighted by Crippen LogP contribution is -2.37. The fraction of sp³-hybridized carbons (Fsp3) is 0.688. The summed E-state index contributed by atoms with van der Waals surface area (Å²) in [5.41, 5.74) is -0.133. The van der Waals surface area contributed by atoms with Crippen LogP contribution in [0.15, 0.2) is 5.16 Å². The molecule has 1 fully saturated rings. The smallest absolute Gasteiger partial charge is 0.353 e. The monoisotopic (exact) mass is 359 g/mol. The number of fused-ring (bicyclic) bond motifs is 1. The Morgan fingerprint density at radius 2 is 1.88 bits per heavy atom. The van der Waals surface area contributed by atoms with E-state index < -0.39 is 11.9 Å². The van der Waals surface area contributed by atoms with E-state index in [0.717, 1.165) is 37.4 Å². The van der Waals surface area contributed by atoms with Gasteiger partial charge in [0.1, 0.15) is 0 Å². The largest absolute Gasteiger partial charge is 0.433 e. The van der Waals surface area contributed by atoms with Crippen molar-refractivity contribution in [3.05, 3.63) is 17.0 Å². The number of halogens is 3. The van der Waals surface area contributed by atoms with Gasteiger partial charge in [-0.1, -0.05) is 31.0 Å². The Labute approximate surface area is 143 Å². The van der Waals surface area contributed by atoms with E-state index in [1.807, 2.05) is 0 Å². The minimum Gasteiger partial charge on any atom is -0.353 e. The lowest BCUT2D eigenvalue weighted by molar-refractivity contribution is -0.142. The van der Waals surface area contributed by atoms with E-state index in [4.69, 9.17) is 0 Å². The number of hydrogen-bond donors (Lipinski definition) is 1. The Hall–Kier alpha value is -1.31. The van der Waals surface area contributed by atoms with Crippen LogP contribution in [-0.4, -0.2) is 27.7 Å². The molecule has 1 heterocycles. The van der Waals surface area contributed by atoms with Gasteiger partial charge in [0.15, 0.2) is 10.9 Å². The van der Waals surface area contributed by atoms with E-state index in [1.54, 1.807) is 0 Å². The zero-order chi connectivity index (χ0) is 17.2. The minimum atomic E-state index is -4.48. The number of carbonyl (C=O) groups is 1. The number of rotatable bonds is 4. The molecule has 0 bridgehead atoms. The second kappa shape index (κ2) is 7.29. The molecule has 0 aliphatic heterocycles. The summed E-state index contributed by atoms with van der Waals surface area (Å²) in [6.07, 6.45) is 2.49. The van der Waals surface area contributed by atoms with E-state index in [2.05, 4.69) is 15.3 Å². The van der Waals surface area contributed by atoms with Crippen molar-refractivity contribution in [2.75, 3.05) is 5.75 Å². The molecule has 132 valence electrons. The van der Waals surface area contributed by atoms with Crippen LogP contribution >= 0.6 is 11.8 Å². The van der Waals surface area contributed by atoms with Crippen LogP contribution in [0.1, 0.15) is 55.5 Å². The molecule has 3 rings (SSSR count). The van der Waals surface area contributed by atoms with Crippen LogP contribution in [0.25, 0.3) is 0 Å². The molecule has 1 amide bonds. The minimum absolute atomic E-state index is 0.0433. The van der Waals surface area contributed by atoms with E-state index >= 15 is 0 Å². The molecular formula is C16H20F3N3OS. The molecule has 2 aliphatic rings. The van der Waals surface area contributed by atoms with Crippen molar-refractivity contribution >= 4 is 17.7 Å². The fourth-order valence-corrected chi connectivity index (χ4v) is 4.03. The number of carbonyl (C=O) groups excluding carboxylic acids is 1. The Kier molecular flexibility index (Phi) is 5.32. The first-order valence-corrected chi connectivity index (χ1v) is 9.31. The predicted molar refractivity (Wildman–Crippen MR) is 84.8 cm³/mol. The van der Waals surface area contributed by atoms with Crippen LogP contribution in [0.3, 0.4) is 0 Å². The van der Waals surface area contributed by atoms with Crippen LogP contribution in [0, 0.1) is 0 Å². The third kappa shape index (κ3) is 4.20. The Balaban J connectivity index is 1.64. The van der Waals surface area contributed by atoms with Gasteiger partial charge >= 0.3 is 6.18 Å². The van der Waals surface area contributed by atoms with Crippen LogP contribution in [-0.2, 0) is 23.8 Å². The van der Waals surface area contributed by atoms with Crippen molar-refractivity contribution in [3.8, 4) is 0 Å². The molecular weight excluding hydrogens is 339 g/mol. The Morgan fingerprint density at radius 1 is 1.12 bits per heavy atom. The highest BCUT2D eigenvalue weighted by Crippen LogP contribution is 2.36. The molecule has 24 heavy (non-hydrogen) atoms. The Morgan fingerprint density at radius 3 is 2.58 bits per heavy atom. The average molecular weight is 359 g/mol. The second-order valence-corrected chi connectivity index (χ2v) is 7.26. The summed E-state index contributed by atoms with van der Waals surface area (Å²) in [5.74, 6) is -0.114. The number of nitrogens with one attached hydrogen (secondary N) is 1. The molecule has 4 nitrogen and oxygen atoms in total. The van der Waals surface area contributed by atoms with Gasteiger partial charge in [-0.15, -0.1) is 0 Å².